The van der Waals surface area contributed by atoms with Gasteiger partial charge in [0.25, 0.3) is 0 Å². The number of aromatic nitrogens is 2. The summed E-state index contributed by atoms with van der Waals surface area (Å²) in [5, 5.41) is 9.18. The molecule has 0 unspecified atom stereocenters. The van der Waals surface area contributed by atoms with E-state index in [4.69, 9.17) is 0 Å². The Morgan fingerprint density at radius 2 is 1.80 bits per heavy atom. The zero-order chi connectivity index (χ0) is 15.2. The van der Waals surface area contributed by atoms with E-state index in [1.807, 2.05) is 27.7 Å². The first-order chi connectivity index (χ1) is 9.33. The van der Waals surface area contributed by atoms with Crippen molar-refractivity contribution in [3.63, 3.8) is 0 Å². The molecule has 0 saturated heterocycles. The fourth-order valence-corrected chi connectivity index (χ4v) is 1.68. The highest BCUT2D eigenvalue weighted by Gasteiger charge is 2.14. The summed E-state index contributed by atoms with van der Waals surface area (Å²) in [4.78, 5) is 20.1. The highest BCUT2D eigenvalue weighted by Crippen LogP contribution is 2.17. The Hall–Kier alpha value is -1.85. The van der Waals surface area contributed by atoms with E-state index in [0.717, 1.165) is 24.3 Å². The predicted molar refractivity (Wildman–Crippen MR) is 81.9 cm³/mol. The molecule has 0 aromatic carbocycles. The van der Waals surface area contributed by atoms with Gasteiger partial charge in [-0.25, -0.2) is 9.97 Å². The molecule has 0 bridgehead atoms. The topological polar surface area (TPSA) is 78.9 Å². The van der Waals surface area contributed by atoms with Gasteiger partial charge in [-0.1, -0.05) is 6.92 Å². The minimum Gasteiger partial charge on any atom is -0.370 e. The third-order valence-corrected chi connectivity index (χ3v) is 2.56. The van der Waals surface area contributed by atoms with Crippen molar-refractivity contribution in [1.82, 2.24) is 15.3 Å². The second-order valence-electron chi connectivity index (χ2n) is 5.77. The van der Waals surface area contributed by atoms with Crippen molar-refractivity contribution >= 4 is 17.5 Å². The highest BCUT2D eigenvalue weighted by molar-refractivity contribution is 5.81. The second kappa shape index (κ2) is 7.07. The quantitative estimate of drug-likeness (QED) is 0.741. The third-order valence-electron chi connectivity index (χ3n) is 2.56. The molecule has 0 spiro atoms. The van der Waals surface area contributed by atoms with Crippen molar-refractivity contribution in [3.05, 3.63) is 11.9 Å². The first-order valence-electron chi connectivity index (χ1n) is 6.94. The molecule has 0 radical (unpaired) electrons. The zero-order valence-electron chi connectivity index (χ0n) is 13.0. The standard InChI is InChI=1S/C14H25N5O/c1-6-7-15-12-10(2)13(18-9-17-12)16-8-11(20)19-14(3,4)5/h9H,6-8H2,1-5H3,(H,19,20)(H2,15,16,17,18). The minimum atomic E-state index is -0.229. The van der Waals surface area contributed by atoms with Gasteiger partial charge in [0.1, 0.15) is 18.0 Å². The molecule has 1 aromatic heterocycles. The van der Waals surface area contributed by atoms with E-state index >= 15 is 0 Å². The summed E-state index contributed by atoms with van der Waals surface area (Å²) in [7, 11) is 0. The van der Waals surface area contributed by atoms with Crippen LogP contribution in [-0.4, -0.2) is 34.5 Å². The third kappa shape index (κ3) is 5.42. The van der Waals surface area contributed by atoms with Crippen LogP contribution in [-0.2, 0) is 4.79 Å². The van der Waals surface area contributed by atoms with Gasteiger partial charge < -0.3 is 16.0 Å². The van der Waals surface area contributed by atoms with Crippen LogP contribution in [0.15, 0.2) is 6.33 Å². The van der Waals surface area contributed by atoms with Crippen LogP contribution in [0.4, 0.5) is 11.6 Å². The summed E-state index contributed by atoms with van der Waals surface area (Å²) >= 11 is 0. The number of carbonyl (C=O) groups excluding carboxylic acids is 1. The Kier molecular flexibility index (Phi) is 5.73. The molecular formula is C14H25N5O. The normalized spacial score (nSPS) is 11.1. The van der Waals surface area contributed by atoms with Crippen LogP contribution >= 0.6 is 0 Å². The van der Waals surface area contributed by atoms with Crippen molar-refractivity contribution in [2.45, 2.75) is 46.6 Å². The average molecular weight is 279 g/mol. The summed E-state index contributed by atoms with van der Waals surface area (Å²) in [6, 6.07) is 0. The maximum absolute atomic E-state index is 11.8. The molecule has 6 heteroatoms. The van der Waals surface area contributed by atoms with E-state index in [9.17, 15) is 4.79 Å². The molecule has 1 aromatic rings. The molecule has 0 aliphatic rings. The van der Waals surface area contributed by atoms with Gasteiger partial charge in [0.2, 0.25) is 5.91 Å². The number of anilines is 2. The lowest BCUT2D eigenvalue weighted by molar-refractivity contribution is -0.120. The number of carbonyl (C=O) groups is 1. The first kappa shape index (κ1) is 16.2. The van der Waals surface area contributed by atoms with Crippen LogP contribution in [0.25, 0.3) is 0 Å². The fraction of sp³-hybridized carbons (Fsp3) is 0.643. The molecule has 0 fully saturated rings. The molecule has 1 heterocycles. The second-order valence-corrected chi connectivity index (χ2v) is 5.77. The van der Waals surface area contributed by atoms with E-state index in [1.165, 1.54) is 6.33 Å². The Morgan fingerprint density at radius 1 is 1.20 bits per heavy atom. The highest BCUT2D eigenvalue weighted by atomic mass is 16.2. The van der Waals surface area contributed by atoms with Crippen molar-refractivity contribution in [1.29, 1.82) is 0 Å². The molecule has 0 saturated carbocycles. The van der Waals surface area contributed by atoms with Gasteiger partial charge >= 0.3 is 0 Å². The lowest BCUT2D eigenvalue weighted by Crippen LogP contribution is -2.43. The minimum absolute atomic E-state index is 0.0569. The van der Waals surface area contributed by atoms with E-state index < -0.39 is 0 Å². The molecule has 0 aliphatic carbocycles. The molecule has 20 heavy (non-hydrogen) atoms. The van der Waals surface area contributed by atoms with Crippen molar-refractivity contribution in [2.24, 2.45) is 0 Å². The van der Waals surface area contributed by atoms with Gasteiger partial charge in [-0.2, -0.15) is 0 Å². The number of hydrogen-bond acceptors (Lipinski definition) is 5. The Morgan fingerprint density at radius 3 is 2.35 bits per heavy atom. The molecule has 1 rings (SSSR count). The molecule has 112 valence electrons. The summed E-state index contributed by atoms with van der Waals surface area (Å²) in [6.07, 6.45) is 2.52. The van der Waals surface area contributed by atoms with E-state index in [2.05, 4.69) is 32.8 Å². The van der Waals surface area contributed by atoms with Gasteiger partial charge in [-0.15, -0.1) is 0 Å². The smallest absolute Gasteiger partial charge is 0.239 e. The van der Waals surface area contributed by atoms with Gasteiger partial charge in [0.05, 0.1) is 6.54 Å². The number of nitrogens with one attached hydrogen (secondary N) is 3. The summed E-state index contributed by atoms with van der Waals surface area (Å²) in [5.74, 6) is 1.43. The molecular weight excluding hydrogens is 254 g/mol. The lowest BCUT2D eigenvalue weighted by atomic mass is 10.1. The van der Waals surface area contributed by atoms with Gasteiger partial charge in [0.15, 0.2) is 0 Å². The average Bonchev–Trinajstić information content (AvgIpc) is 2.34. The number of amides is 1. The predicted octanol–water partition coefficient (Wildman–Crippen LogP) is 1.93. The summed E-state index contributed by atoms with van der Waals surface area (Å²) in [5.41, 5.74) is 0.692. The van der Waals surface area contributed by atoms with Crippen LogP contribution in [0.5, 0.6) is 0 Å². The van der Waals surface area contributed by atoms with Crippen LogP contribution in [0.1, 0.15) is 39.7 Å². The van der Waals surface area contributed by atoms with E-state index in [-0.39, 0.29) is 18.0 Å². The maximum atomic E-state index is 11.8. The number of hydrogen-bond donors (Lipinski definition) is 3. The van der Waals surface area contributed by atoms with E-state index in [1.54, 1.807) is 0 Å². The molecule has 3 N–H and O–H groups in total. The molecule has 0 atom stereocenters. The number of nitrogens with zero attached hydrogens (tertiary/aromatic N) is 2. The summed E-state index contributed by atoms with van der Waals surface area (Å²) in [6.45, 7) is 10.9. The SMILES string of the molecule is CCCNc1ncnc(NCC(=O)NC(C)(C)C)c1C. The monoisotopic (exact) mass is 279 g/mol. The molecule has 6 nitrogen and oxygen atoms in total. The van der Waals surface area contributed by atoms with Gasteiger partial charge in [0, 0.05) is 17.6 Å². The number of rotatable bonds is 6. The summed E-state index contributed by atoms with van der Waals surface area (Å²) < 4.78 is 0. The fourth-order valence-electron chi connectivity index (χ4n) is 1.68. The van der Waals surface area contributed by atoms with Gasteiger partial charge in [-0.05, 0) is 34.1 Å². The Balaban J connectivity index is 2.62. The van der Waals surface area contributed by atoms with Crippen LogP contribution < -0.4 is 16.0 Å². The van der Waals surface area contributed by atoms with Crippen molar-refractivity contribution in [3.8, 4) is 0 Å². The van der Waals surface area contributed by atoms with Gasteiger partial charge in [-0.3, -0.25) is 4.79 Å². The lowest BCUT2D eigenvalue weighted by Gasteiger charge is -2.21. The Labute approximate surface area is 120 Å². The molecule has 0 aliphatic heterocycles. The zero-order valence-corrected chi connectivity index (χ0v) is 13.0. The van der Waals surface area contributed by atoms with Crippen molar-refractivity contribution in [2.75, 3.05) is 23.7 Å². The largest absolute Gasteiger partial charge is 0.370 e. The Bertz CT molecular complexity index is 453. The maximum Gasteiger partial charge on any atom is 0.239 e. The van der Waals surface area contributed by atoms with Crippen LogP contribution in [0.3, 0.4) is 0 Å². The molecule has 1 amide bonds. The van der Waals surface area contributed by atoms with E-state index in [0.29, 0.717) is 5.82 Å². The first-order valence-corrected chi connectivity index (χ1v) is 6.94. The van der Waals surface area contributed by atoms with Crippen LogP contribution in [0.2, 0.25) is 0 Å². The van der Waals surface area contributed by atoms with Crippen molar-refractivity contribution < 1.29 is 4.79 Å². The van der Waals surface area contributed by atoms with Crippen LogP contribution in [0, 0.1) is 6.92 Å².